The van der Waals surface area contributed by atoms with Crippen LogP contribution in [0.2, 0.25) is 0 Å². The third-order valence-corrected chi connectivity index (χ3v) is 3.74. The lowest BCUT2D eigenvalue weighted by atomic mass is 10.1. The highest BCUT2D eigenvalue weighted by atomic mass is 16.1. The van der Waals surface area contributed by atoms with Crippen molar-refractivity contribution in [2.24, 2.45) is 0 Å². The zero-order valence-electron chi connectivity index (χ0n) is 12.5. The van der Waals surface area contributed by atoms with E-state index in [1.54, 1.807) is 6.20 Å². The number of nitrogens with zero attached hydrogens (tertiary/aromatic N) is 1. The molecule has 0 spiro atoms. The molecule has 1 heterocycles. The van der Waals surface area contributed by atoms with Gasteiger partial charge in [-0.3, -0.25) is 9.78 Å². The van der Waals surface area contributed by atoms with E-state index in [2.05, 4.69) is 10.3 Å². The van der Waals surface area contributed by atoms with E-state index in [0.717, 1.165) is 22.0 Å². The van der Waals surface area contributed by atoms with Crippen molar-refractivity contribution in [1.82, 2.24) is 10.3 Å². The summed E-state index contributed by atoms with van der Waals surface area (Å²) < 4.78 is 0. The summed E-state index contributed by atoms with van der Waals surface area (Å²) >= 11 is 0. The minimum atomic E-state index is -0.00312. The average molecular weight is 290 g/mol. The van der Waals surface area contributed by atoms with Crippen LogP contribution in [-0.2, 0) is 11.2 Å². The summed E-state index contributed by atoms with van der Waals surface area (Å²) in [6, 6.07) is 19.8. The van der Waals surface area contributed by atoms with Crippen LogP contribution in [0.1, 0.15) is 24.1 Å². The number of nitrogens with one attached hydrogen (secondary N) is 1. The van der Waals surface area contributed by atoms with Gasteiger partial charge in [0.25, 0.3) is 0 Å². The second-order valence-corrected chi connectivity index (χ2v) is 5.37. The molecule has 1 amide bonds. The minimum absolute atomic E-state index is 0.00312. The van der Waals surface area contributed by atoms with E-state index in [1.165, 1.54) is 0 Å². The smallest absolute Gasteiger partial charge is 0.224 e. The fourth-order valence-corrected chi connectivity index (χ4v) is 2.60. The van der Waals surface area contributed by atoms with Crippen molar-refractivity contribution in [1.29, 1.82) is 0 Å². The third kappa shape index (κ3) is 3.14. The van der Waals surface area contributed by atoms with E-state index in [4.69, 9.17) is 0 Å². The molecule has 0 unspecified atom stereocenters. The highest BCUT2D eigenvalue weighted by molar-refractivity contribution is 5.87. The topological polar surface area (TPSA) is 42.0 Å². The van der Waals surface area contributed by atoms with Crippen LogP contribution in [0, 0.1) is 0 Å². The van der Waals surface area contributed by atoms with Crippen LogP contribution in [0.25, 0.3) is 10.9 Å². The summed E-state index contributed by atoms with van der Waals surface area (Å²) in [4.78, 5) is 16.7. The standard InChI is InChI=1S/C19H18N2O/c1-14(15-7-3-2-4-8-15)21-18(22)13-17-10-5-9-16-11-6-12-20-19(16)17/h2-12,14H,13H2,1H3,(H,21,22)/t14-/m0/s1. The highest BCUT2D eigenvalue weighted by Gasteiger charge is 2.11. The number of aromatic nitrogens is 1. The molecule has 3 aromatic rings. The molecule has 3 rings (SSSR count). The van der Waals surface area contributed by atoms with E-state index in [9.17, 15) is 4.79 Å². The number of pyridine rings is 1. The van der Waals surface area contributed by atoms with Crippen LogP contribution in [0.5, 0.6) is 0 Å². The van der Waals surface area contributed by atoms with E-state index in [-0.39, 0.29) is 11.9 Å². The molecule has 1 atom stereocenters. The number of amides is 1. The Hall–Kier alpha value is -2.68. The first-order chi connectivity index (χ1) is 10.7. The fourth-order valence-electron chi connectivity index (χ4n) is 2.60. The zero-order valence-corrected chi connectivity index (χ0v) is 12.5. The zero-order chi connectivity index (χ0) is 15.4. The van der Waals surface area contributed by atoms with Gasteiger partial charge < -0.3 is 5.32 Å². The van der Waals surface area contributed by atoms with Crippen LogP contribution in [0.15, 0.2) is 66.9 Å². The molecule has 1 N–H and O–H groups in total. The molecule has 0 aliphatic heterocycles. The second-order valence-electron chi connectivity index (χ2n) is 5.37. The maximum atomic E-state index is 12.3. The van der Waals surface area contributed by atoms with Crippen LogP contribution >= 0.6 is 0 Å². The van der Waals surface area contributed by atoms with Crippen molar-refractivity contribution in [3.8, 4) is 0 Å². The van der Waals surface area contributed by atoms with Crippen molar-refractivity contribution in [2.45, 2.75) is 19.4 Å². The van der Waals surface area contributed by atoms with Gasteiger partial charge >= 0.3 is 0 Å². The maximum Gasteiger partial charge on any atom is 0.224 e. The maximum absolute atomic E-state index is 12.3. The number of rotatable bonds is 4. The monoisotopic (exact) mass is 290 g/mol. The molecule has 0 radical (unpaired) electrons. The number of fused-ring (bicyclic) bond motifs is 1. The number of carbonyl (C=O) groups is 1. The number of hydrogen-bond donors (Lipinski definition) is 1. The van der Waals surface area contributed by atoms with E-state index < -0.39 is 0 Å². The molecule has 3 heteroatoms. The van der Waals surface area contributed by atoms with E-state index in [1.807, 2.05) is 67.6 Å². The first kappa shape index (κ1) is 14.3. The van der Waals surface area contributed by atoms with Crippen LogP contribution in [0.3, 0.4) is 0 Å². The van der Waals surface area contributed by atoms with Crippen molar-refractivity contribution in [2.75, 3.05) is 0 Å². The van der Waals surface area contributed by atoms with Gasteiger partial charge in [0.2, 0.25) is 5.91 Å². The summed E-state index contributed by atoms with van der Waals surface area (Å²) in [5.41, 5.74) is 2.95. The molecule has 0 saturated heterocycles. The van der Waals surface area contributed by atoms with Gasteiger partial charge in [0.05, 0.1) is 18.0 Å². The lowest BCUT2D eigenvalue weighted by Gasteiger charge is -2.14. The third-order valence-electron chi connectivity index (χ3n) is 3.74. The number of hydrogen-bond acceptors (Lipinski definition) is 2. The normalized spacial score (nSPS) is 12.0. The van der Waals surface area contributed by atoms with Gasteiger partial charge in [0, 0.05) is 11.6 Å². The molecule has 0 aliphatic rings. The van der Waals surface area contributed by atoms with Crippen LogP contribution in [0.4, 0.5) is 0 Å². The highest BCUT2D eigenvalue weighted by Crippen LogP contribution is 2.17. The van der Waals surface area contributed by atoms with Crippen LogP contribution in [-0.4, -0.2) is 10.9 Å². The van der Waals surface area contributed by atoms with Gasteiger partial charge in [-0.1, -0.05) is 54.6 Å². The molecule has 0 saturated carbocycles. The summed E-state index contributed by atoms with van der Waals surface area (Å²) in [5.74, 6) is 0.00880. The van der Waals surface area contributed by atoms with E-state index >= 15 is 0 Å². The molecule has 1 aromatic heterocycles. The van der Waals surface area contributed by atoms with Gasteiger partial charge in [0.15, 0.2) is 0 Å². The minimum Gasteiger partial charge on any atom is -0.349 e. The quantitative estimate of drug-likeness (QED) is 0.797. The largest absolute Gasteiger partial charge is 0.349 e. The molecular formula is C19H18N2O. The van der Waals surface area contributed by atoms with Crippen molar-refractivity contribution in [3.63, 3.8) is 0 Å². The molecule has 2 aromatic carbocycles. The number of para-hydroxylation sites is 1. The predicted molar refractivity (Wildman–Crippen MR) is 88.4 cm³/mol. The predicted octanol–water partition coefficient (Wildman–Crippen LogP) is 3.65. The van der Waals surface area contributed by atoms with Gasteiger partial charge in [-0.05, 0) is 24.1 Å². The summed E-state index contributed by atoms with van der Waals surface area (Å²) in [7, 11) is 0. The first-order valence-electron chi connectivity index (χ1n) is 7.41. The summed E-state index contributed by atoms with van der Waals surface area (Å²) in [5, 5.41) is 4.10. The molecule has 22 heavy (non-hydrogen) atoms. The molecule has 0 aliphatic carbocycles. The van der Waals surface area contributed by atoms with Crippen molar-refractivity contribution in [3.05, 3.63) is 78.0 Å². The Morgan fingerprint density at radius 3 is 2.64 bits per heavy atom. The lowest BCUT2D eigenvalue weighted by molar-refractivity contribution is -0.121. The molecule has 110 valence electrons. The number of carbonyl (C=O) groups excluding carboxylic acids is 1. The van der Waals surface area contributed by atoms with Gasteiger partial charge in [-0.2, -0.15) is 0 Å². The van der Waals surface area contributed by atoms with Crippen LogP contribution < -0.4 is 5.32 Å². The fraction of sp³-hybridized carbons (Fsp3) is 0.158. The Morgan fingerprint density at radius 2 is 1.82 bits per heavy atom. The summed E-state index contributed by atoms with van der Waals surface area (Å²) in [6.45, 7) is 1.99. The number of benzene rings is 2. The molecular weight excluding hydrogens is 272 g/mol. The Morgan fingerprint density at radius 1 is 1.05 bits per heavy atom. The van der Waals surface area contributed by atoms with Crippen molar-refractivity contribution >= 4 is 16.8 Å². The van der Waals surface area contributed by atoms with E-state index in [0.29, 0.717) is 6.42 Å². The molecule has 0 fully saturated rings. The van der Waals surface area contributed by atoms with Crippen molar-refractivity contribution < 1.29 is 4.79 Å². The van der Waals surface area contributed by atoms with Gasteiger partial charge in [-0.25, -0.2) is 0 Å². The Kier molecular flexibility index (Phi) is 4.15. The SMILES string of the molecule is C[C@H](NC(=O)Cc1cccc2cccnc12)c1ccccc1. The average Bonchev–Trinajstić information content (AvgIpc) is 2.56. The molecule has 0 bridgehead atoms. The molecule has 3 nitrogen and oxygen atoms in total. The second kappa shape index (κ2) is 6.39. The lowest BCUT2D eigenvalue weighted by Crippen LogP contribution is -2.28. The Bertz CT molecular complexity index is 778. The Labute approximate surface area is 130 Å². The summed E-state index contributed by atoms with van der Waals surface area (Å²) in [6.07, 6.45) is 2.10. The Balaban J connectivity index is 1.74. The van der Waals surface area contributed by atoms with Gasteiger partial charge in [-0.15, -0.1) is 0 Å². The van der Waals surface area contributed by atoms with Gasteiger partial charge in [0.1, 0.15) is 0 Å². The first-order valence-corrected chi connectivity index (χ1v) is 7.41.